The Kier molecular flexibility index (Phi) is 10.1. The van der Waals surface area contributed by atoms with Crippen LogP contribution < -0.4 is 4.74 Å². The van der Waals surface area contributed by atoms with E-state index < -0.39 is 0 Å². The molecule has 0 atom stereocenters. The van der Waals surface area contributed by atoms with Gasteiger partial charge in [0.05, 0.1) is 6.61 Å². The lowest BCUT2D eigenvalue weighted by Crippen LogP contribution is -1.99. The smallest absolute Gasteiger partial charge is 0.122 e. The summed E-state index contributed by atoms with van der Waals surface area (Å²) in [4.78, 5) is 0. The third-order valence-electron chi connectivity index (χ3n) is 3.86. The molecule has 0 radical (unpaired) electrons. The average molecular weight is 276 g/mol. The first kappa shape index (κ1) is 17.1. The highest BCUT2D eigenvalue weighted by atomic mass is 16.5. The summed E-state index contributed by atoms with van der Waals surface area (Å²) < 4.78 is 5.89. The largest absolute Gasteiger partial charge is 0.493 e. The molecule has 114 valence electrons. The number of benzene rings is 1. The normalized spacial score (nSPS) is 10.7. The van der Waals surface area contributed by atoms with E-state index in [-0.39, 0.29) is 0 Å². The fourth-order valence-electron chi connectivity index (χ4n) is 2.53. The third kappa shape index (κ3) is 7.57. The highest BCUT2D eigenvalue weighted by Gasteiger charge is 2.00. The highest BCUT2D eigenvalue weighted by molar-refractivity contribution is 5.33. The summed E-state index contributed by atoms with van der Waals surface area (Å²) in [5.41, 5.74) is 1.32. The Balaban J connectivity index is 1.97. The molecule has 0 aliphatic heterocycles. The van der Waals surface area contributed by atoms with E-state index in [1.165, 1.54) is 63.4 Å². The molecule has 0 saturated heterocycles. The van der Waals surface area contributed by atoms with Gasteiger partial charge in [0.15, 0.2) is 0 Å². The lowest BCUT2D eigenvalue weighted by atomic mass is 10.1. The van der Waals surface area contributed by atoms with E-state index in [1.54, 1.807) is 0 Å². The molecule has 0 unspecified atom stereocenters. The van der Waals surface area contributed by atoms with Crippen LogP contribution in [-0.2, 0) is 6.42 Å². The predicted octanol–water partition coefficient (Wildman–Crippen LogP) is 6.16. The van der Waals surface area contributed by atoms with E-state index in [9.17, 15) is 0 Å². The van der Waals surface area contributed by atoms with Crippen LogP contribution in [0, 0.1) is 0 Å². The standard InChI is InChI=1S/C19H32O/c1-3-5-6-7-8-9-10-11-14-17-20-19-16-13-12-15-18(19)4-2/h12-13,15-16H,3-11,14,17H2,1-2H3. The van der Waals surface area contributed by atoms with Crippen LogP contribution in [0.4, 0.5) is 0 Å². The summed E-state index contributed by atoms with van der Waals surface area (Å²) in [6, 6.07) is 8.40. The number of aryl methyl sites for hydroxylation is 1. The van der Waals surface area contributed by atoms with Crippen molar-refractivity contribution in [2.24, 2.45) is 0 Å². The van der Waals surface area contributed by atoms with Crippen LogP contribution in [-0.4, -0.2) is 6.61 Å². The van der Waals surface area contributed by atoms with Gasteiger partial charge in [-0.15, -0.1) is 0 Å². The van der Waals surface area contributed by atoms with E-state index in [0.717, 1.165) is 18.8 Å². The van der Waals surface area contributed by atoms with Crippen molar-refractivity contribution in [2.75, 3.05) is 6.61 Å². The minimum absolute atomic E-state index is 0.868. The second kappa shape index (κ2) is 11.8. The van der Waals surface area contributed by atoms with Gasteiger partial charge in [0.25, 0.3) is 0 Å². The molecule has 1 aromatic carbocycles. The molecular formula is C19H32O. The van der Waals surface area contributed by atoms with Crippen molar-refractivity contribution in [3.05, 3.63) is 29.8 Å². The fraction of sp³-hybridized carbons (Fsp3) is 0.684. The molecule has 20 heavy (non-hydrogen) atoms. The Morgan fingerprint density at radius 1 is 0.750 bits per heavy atom. The first-order valence-electron chi connectivity index (χ1n) is 8.59. The molecule has 1 rings (SSSR count). The summed E-state index contributed by atoms with van der Waals surface area (Å²) in [5.74, 6) is 1.08. The van der Waals surface area contributed by atoms with Gasteiger partial charge < -0.3 is 4.74 Å². The van der Waals surface area contributed by atoms with Crippen LogP contribution in [0.25, 0.3) is 0 Å². The van der Waals surface area contributed by atoms with Crippen LogP contribution >= 0.6 is 0 Å². The minimum Gasteiger partial charge on any atom is -0.493 e. The summed E-state index contributed by atoms with van der Waals surface area (Å²) in [6.07, 6.45) is 13.3. The summed E-state index contributed by atoms with van der Waals surface area (Å²) in [5, 5.41) is 0. The van der Waals surface area contributed by atoms with Gasteiger partial charge in [-0.3, -0.25) is 0 Å². The molecule has 0 aliphatic rings. The van der Waals surface area contributed by atoms with Gasteiger partial charge in [0, 0.05) is 0 Å². The van der Waals surface area contributed by atoms with Gasteiger partial charge in [-0.05, 0) is 24.5 Å². The molecule has 0 spiro atoms. The second-order valence-electron chi connectivity index (χ2n) is 5.64. The van der Waals surface area contributed by atoms with Crippen LogP contribution in [0.5, 0.6) is 5.75 Å². The van der Waals surface area contributed by atoms with Gasteiger partial charge in [-0.25, -0.2) is 0 Å². The van der Waals surface area contributed by atoms with Crippen molar-refractivity contribution < 1.29 is 4.74 Å². The Labute approximate surface area is 125 Å². The maximum Gasteiger partial charge on any atom is 0.122 e. The predicted molar refractivity (Wildman–Crippen MR) is 88.5 cm³/mol. The molecule has 0 saturated carbocycles. The maximum atomic E-state index is 5.89. The van der Waals surface area contributed by atoms with Crippen LogP contribution in [0.3, 0.4) is 0 Å². The zero-order valence-electron chi connectivity index (χ0n) is 13.5. The van der Waals surface area contributed by atoms with Crippen LogP contribution in [0.2, 0.25) is 0 Å². The Hall–Kier alpha value is -0.980. The molecule has 1 aromatic rings. The quantitative estimate of drug-likeness (QED) is 0.415. The number of hydrogen-bond donors (Lipinski definition) is 0. The SMILES string of the molecule is CCCCCCCCCCCOc1ccccc1CC. The van der Waals surface area contributed by atoms with Crippen molar-refractivity contribution in [2.45, 2.75) is 78.1 Å². The molecule has 0 fully saturated rings. The number of ether oxygens (including phenoxy) is 1. The highest BCUT2D eigenvalue weighted by Crippen LogP contribution is 2.18. The molecular weight excluding hydrogens is 244 g/mol. The van der Waals surface area contributed by atoms with Gasteiger partial charge in [0.1, 0.15) is 5.75 Å². The first-order chi connectivity index (χ1) is 9.88. The van der Waals surface area contributed by atoms with Gasteiger partial charge in [0.2, 0.25) is 0 Å². The molecule has 1 heteroatoms. The summed E-state index contributed by atoms with van der Waals surface area (Å²) in [7, 11) is 0. The summed E-state index contributed by atoms with van der Waals surface area (Å²) >= 11 is 0. The third-order valence-corrected chi connectivity index (χ3v) is 3.86. The summed E-state index contributed by atoms with van der Waals surface area (Å²) in [6.45, 7) is 5.32. The minimum atomic E-state index is 0.868. The number of rotatable bonds is 12. The Bertz CT molecular complexity index is 332. The maximum absolute atomic E-state index is 5.89. The van der Waals surface area contributed by atoms with Gasteiger partial charge >= 0.3 is 0 Å². The average Bonchev–Trinajstić information content (AvgIpc) is 2.49. The molecule has 0 aromatic heterocycles. The second-order valence-corrected chi connectivity index (χ2v) is 5.64. The van der Waals surface area contributed by atoms with Crippen molar-refractivity contribution in [1.29, 1.82) is 0 Å². The fourth-order valence-corrected chi connectivity index (χ4v) is 2.53. The first-order valence-corrected chi connectivity index (χ1v) is 8.59. The van der Waals surface area contributed by atoms with Gasteiger partial charge in [-0.1, -0.05) is 83.4 Å². The molecule has 0 N–H and O–H groups in total. The number of unbranched alkanes of at least 4 members (excludes halogenated alkanes) is 8. The van der Waals surface area contributed by atoms with Crippen LogP contribution in [0.15, 0.2) is 24.3 Å². The van der Waals surface area contributed by atoms with Gasteiger partial charge in [-0.2, -0.15) is 0 Å². The van der Waals surface area contributed by atoms with Crippen molar-refractivity contribution >= 4 is 0 Å². The topological polar surface area (TPSA) is 9.23 Å². The number of hydrogen-bond acceptors (Lipinski definition) is 1. The van der Waals surface area contributed by atoms with Crippen molar-refractivity contribution in [3.8, 4) is 5.75 Å². The lowest BCUT2D eigenvalue weighted by molar-refractivity contribution is 0.301. The zero-order chi connectivity index (χ0) is 14.5. The molecule has 1 nitrogen and oxygen atoms in total. The van der Waals surface area contributed by atoms with E-state index in [4.69, 9.17) is 4.74 Å². The zero-order valence-corrected chi connectivity index (χ0v) is 13.5. The van der Waals surface area contributed by atoms with Crippen LogP contribution in [0.1, 0.15) is 77.2 Å². The van der Waals surface area contributed by atoms with E-state index >= 15 is 0 Å². The van der Waals surface area contributed by atoms with Crippen molar-refractivity contribution in [1.82, 2.24) is 0 Å². The molecule has 0 amide bonds. The lowest BCUT2D eigenvalue weighted by Gasteiger charge is -2.10. The van der Waals surface area contributed by atoms with Crippen molar-refractivity contribution in [3.63, 3.8) is 0 Å². The Morgan fingerprint density at radius 3 is 2.00 bits per heavy atom. The Morgan fingerprint density at radius 2 is 1.35 bits per heavy atom. The molecule has 0 bridgehead atoms. The molecule has 0 heterocycles. The van der Waals surface area contributed by atoms with E-state index in [1.807, 2.05) is 0 Å². The monoisotopic (exact) mass is 276 g/mol. The molecule has 0 aliphatic carbocycles. The van der Waals surface area contributed by atoms with E-state index in [0.29, 0.717) is 0 Å². The van der Waals surface area contributed by atoms with E-state index in [2.05, 4.69) is 38.1 Å². The number of para-hydroxylation sites is 1.